The molecule has 1 aromatic heterocycles. The molecule has 6 heteroatoms. The molecule has 1 aliphatic carbocycles. The highest BCUT2D eigenvalue weighted by atomic mass is 35.5. The van der Waals surface area contributed by atoms with Gasteiger partial charge >= 0.3 is 0 Å². The molecule has 1 saturated carbocycles. The molecule has 0 aromatic carbocycles. The van der Waals surface area contributed by atoms with E-state index < -0.39 is 0 Å². The summed E-state index contributed by atoms with van der Waals surface area (Å²) in [5, 5.41) is 0.275. The molecule has 0 aliphatic heterocycles. The Kier molecular flexibility index (Phi) is 6.03. The summed E-state index contributed by atoms with van der Waals surface area (Å²) in [7, 11) is 2.05. The molecule has 21 heavy (non-hydrogen) atoms. The number of hydrogen-bond acceptors (Lipinski definition) is 5. The van der Waals surface area contributed by atoms with E-state index in [0.717, 1.165) is 25.6 Å². The first kappa shape index (κ1) is 16.3. The molecule has 1 aliphatic rings. The Morgan fingerprint density at radius 1 is 1.00 bits per heavy atom. The van der Waals surface area contributed by atoms with Crippen LogP contribution in [0.4, 0.5) is 11.9 Å². The molecule has 0 spiro atoms. The molecule has 2 rings (SSSR count). The maximum absolute atomic E-state index is 6.08. The lowest BCUT2D eigenvalue weighted by Gasteiger charge is -2.27. The van der Waals surface area contributed by atoms with E-state index in [0.29, 0.717) is 11.9 Å². The molecular weight excluding hydrogens is 286 g/mol. The van der Waals surface area contributed by atoms with Gasteiger partial charge in [-0.05, 0) is 44.2 Å². The third kappa shape index (κ3) is 4.43. The highest BCUT2D eigenvalue weighted by Gasteiger charge is 2.18. The van der Waals surface area contributed by atoms with Gasteiger partial charge < -0.3 is 9.80 Å². The Balaban J connectivity index is 2.10. The Morgan fingerprint density at radius 2 is 1.62 bits per heavy atom. The summed E-state index contributed by atoms with van der Waals surface area (Å²) in [5.74, 6) is 2.10. The van der Waals surface area contributed by atoms with Crippen LogP contribution in [-0.4, -0.2) is 41.6 Å². The van der Waals surface area contributed by atoms with E-state index in [9.17, 15) is 0 Å². The quantitative estimate of drug-likeness (QED) is 0.806. The maximum atomic E-state index is 6.08. The molecule has 1 heterocycles. The van der Waals surface area contributed by atoms with Crippen molar-refractivity contribution >= 4 is 23.5 Å². The summed E-state index contributed by atoms with van der Waals surface area (Å²) < 4.78 is 0. The second-order valence-corrected chi connectivity index (χ2v) is 6.10. The molecule has 0 atom stereocenters. The fourth-order valence-corrected chi connectivity index (χ4v) is 3.14. The topological polar surface area (TPSA) is 45.2 Å². The molecule has 5 nitrogen and oxygen atoms in total. The number of halogens is 1. The molecule has 0 saturated heterocycles. The van der Waals surface area contributed by atoms with E-state index in [1.165, 1.54) is 32.1 Å². The van der Waals surface area contributed by atoms with E-state index in [1.807, 2.05) is 7.05 Å². The molecule has 0 amide bonds. The Hall–Kier alpha value is -1.10. The highest BCUT2D eigenvalue weighted by molar-refractivity contribution is 6.28. The van der Waals surface area contributed by atoms with Gasteiger partial charge in [-0.25, -0.2) is 0 Å². The van der Waals surface area contributed by atoms with Gasteiger partial charge in [-0.1, -0.05) is 19.3 Å². The fourth-order valence-electron chi connectivity index (χ4n) is 2.99. The predicted octanol–water partition coefficient (Wildman–Crippen LogP) is 3.39. The first-order chi connectivity index (χ1) is 10.1. The lowest BCUT2D eigenvalue weighted by Crippen LogP contribution is -2.30. The van der Waals surface area contributed by atoms with Crippen LogP contribution in [0.25, 0.3) is 0 Å². The van der Waals surface area contributed by atoms with E-state index >= 15 is 0 Å². The lowest BCUT2D eigenvalue weighted by atomic mass is 9.89. The van der Waals surface area contributed by atoms with E-state index in [2.05, 4.69) is 38.6 Å². The first-order valence-corrected chi connectivity index (χ1v) is 8.39. The number of anilines is 2. The van der Waals surface area contributed by atoms with Gasteiger partial charge in [-0.2, -0.15) is 15.0 Å². The van der Waals surface area contributed by atoms with Crippen LogP contribution in [0.15, 0.2) is 0 Å². The zero-order valence-electron chi connectivity index (χ0n) is 13.3. The monoisotopic (exact) mass is 311 g/mol. The first-order valence-electron chi connectivity index (χ1n) is 8.01. The van der Waals surface area contributed by atoms with Crippen molar-refractivity contribution in [1.82, 2.24) is 15.0 Å². The van der Waals surface area contributed by atoms with Crippen molar-refractivity contribution in [2.45, 2.75) is 46.0 Å². The van der Waals surface area contributed by atoms with Crippen LogP contribution in [0, 0.1) is 5.92 Å². The number of nitrogens with zero attached hydrogens (tertiary/aromatic N) is 5. The largest absolute Gasteiger partial charge is 0.343 e. The minimum Gasteiger partial charge on any atom is -0.343 e. The average Bonchev–Trinajstić information content (AvgIpc) is 2.49. The van der Waals surface area contributed by atoms with Crippen molar-refractivity contribution < 1.29 is 0 Å². The van der Waals surface area contributed by atoms with E-state index in [-0.39, 0.29) is 5.28 Å². The molecular formula is C15H26ClN5. The third-order valence-corrected chi connectivity index (χ3v) is 4.40. The van der Waals surface area contributed by atoms with E-state index in [4.69, 9.17) is 11.6 Å². The van der Waals surface area contributed by atoms with Crippen LogP contribution >= 0.6 is 11.6 Å². The third-order valence-electron chi connectivity index (χ3n) is 4.23. The minimum absolute atomic E-state index is 0.275. The Morgan fingerprint density at radius 3 is 2.24 bits per heavy atom. The molecule has 1 fully saturated rings. The molecule has 0 N–H and O–H groups in total. The van der Waals surface area contributed by atoms with Crippen molar-refractivity contribution in [3.8, 4) is 0 Å². The second-order valence-electron chi connectivity index (χ2n) is 5.76. The van der Waals surface area contributed by atoms with Crippen LogP contribution in [0.3, 0.4) is 0 Å². The molecule has 0 unspecified atom stereocenters. The SMILES string of the molecule is CCN(CC)c1nc(Cl)nc(N(C)CC2CCCCC2)n1. The van der Waals surface area contributed by atoms with Gasteiger partial charge in [0.1, 0.15) is 0 Å². The summed E-state index contributed by atoms with van der Waals surface area (Å²) in [6.07, 6.45) is 6.70. The Labute approximate surface area is 132 Å². The predicted molar refractivity (Wildman–Crippen MR) is 88.2 cm³/mol. The smallest absolute Gasteiger partial charge is 0.231 e. The van der Waals surface area contributed by atoms with Gasteiger partial charge in [-0.15, -0.1) is 0 Å². The standard InChI is InChI=1S/C15H26ClN5/c1-4-21(5-2)15-18-13(16)17-14(19-15)20(3)11-12-9-7-6-8-10-12/h12H,4-11H2,1-3H3. The van der Waals surface area contributed by atoms with Gasteiger partial charge in [0, 0.05) is 26.7 Å². The molecule has 0 radical (unpaired) electrons. The summed E-state index contributed by atoms with van der Waals surface area (Å²) in [4.78, 5) is 17.3. The zero-order chi connectivity index (χ0) is 15.2. The van der Waals surface area contributed by atoms with Gasteiger partial charge in [0.25, 0.3) is 0 Å². The summed E-state index contributed by atoms with van der Waals surface area (Å²) in [5.41, 5.74) is 0. The van der Waals surface area contributed by atoms with Crippen molar-refractivity contribution in [2.24, 2.45) is 5.92 Å². The maximum Gasteiger partial charge on any atom is 0.231 e. The minimum atomic E-state index is 0.275. The summed E-state index contributed by atoms with van der Waals surface area (Å²) in [6.45, 7) is 6.91. The molecule has 118 valence electrons. The van der Waals surface area contributed by atoms with Crippen LogP contribution in [-0.2, 0) is 0 Å². The van der Waals surface area contributed by atoms with Crippen molar-refractivity contribution in [1.29, 1.82) is 0 Å². The molecule has 0 bridgehead atoms. The van der Waals surface area contributed by atoms with Crippen LogP contribution in [0.1, 0.15) is 46.0 Å². The van der Waals surface area contributed by atoms with E-state index in [1.54, 1.807) is 0 Å². The fraction of sp³-hybridized carbons (Fsp3) is 0.800. The van der Waals surface area contributed by atoms with Crippen LogP contribution in [0.2, 0.25) is 5.28 Å². The van der Waals surface area contributed by atoms with Gasteiger partial charge in [-0.3, -0.25) is 0 Å². The normalized spacial score (nSPS) is 16.0. The van der Waals surface area contributed by atoms with Crippen LogP contribution < -0.4 is 9.80 Å². The number of aromatic nitrogens is 3. The highest BCUT2D eigenvalue weighted by Crippen LogP contribution is 2.25. The summed E-state index contributed by atoms with van der Waals surface area (Å²) >= 11 is 6.08. The zero-order valence-corrected chi connectivity index (χ0v) is 14.1. The van der Waals surface area contributed by atoms with Gasteiger partial charge in [0.05, 0.1) is 0 Å². The van der Waals surface area contributed by atoms with Gasteiger partial charge in [0.2, 0.25) is 17.2 Å². The van der Waals surface area contributed by atoms with Crippen LogP contribution in [0.5, 0.6) is 0 Å². The average molecular weight is 312 g/mol. The Bertz CT molecular complexity index is 444. The van der Waals surface area contributed by atoms with Crippen molar-refractivity contribution in [3.63, 3.8) is 0 Å². The summed E-state index contributed by atoms with van der Waals surface area (Å²) in [6, 6.07) is 0. The second kappa shape index (κ2) is 7.78. The number of rotatable bonds is 6. The lowest BCUT2D eigenvalue weighted by molar-refractivity contribution is 0.361. The molecule has 1 aromatic rings. The van der Waals surface area contributed by atoms with Gasteiger partial charge in [0.15, 0.2) is 0 Å². The van der Waals surface area contributed by atoms with Crippen molar-refractivity contribution in [2.75, 3.05) is 36.5 Å². The number of hydrogen-bond donors (Lipinski definition) is 0. The van der Waals surface area contributed by atoms with Crippen molar-refractivity contribution in [3.05, 3.63) is 5.28 Å².